The van der Waals surface area contributed by atoms with Gasteiger partial charge >= 0.3 is 0 Å². The highest BCUT2D eigenvalue weighted by atomic mass is 19.3. The van der Waals surface area contributed by atoms with Crippen molar-refractivity contribution >= 4 is 0 Å². The van der Waals surface area contributed by atoms with Crippen LogP contribution in [0.5, 0.6) is 0 Å². The zero-order chi connectivity index (χ0) is 28.9. The number of hydrogen-bond donors (Lipinski definition) is 0. The van der Waals surface area contributed by atoms with Crippen LogP contribution < -0.4 is 0 Å². The van der Waals surface area contributed by atoms with E-state index in [9.17, 15) is 26.3 Å². The molecule has 0 radical (unpaired) electrons. The van der Waals surface area contributed by atoms with Gasteiger partial charge in [-0.3, -0.25) is 0 Å². The summed E-state index contributed by atoms with van der Waals surface area (Å²) in [5.74, 6) is 0.255. The molecule has 2 aromatic carbocycles. The van der Waals surface area contributed by atoms with E-state index in [4.69, 9.17) is 5.26 Å². The second-order valence-corrected chi connectivity index (χ2v) is 11.0. The van der Waals surface area contributed by atoms with Crippen molar-refractivity contribution in [2.24, 2.45) is 11.8 Å². The van der Waals surface area contributed by atoms with Crippen LogP contribution in [0.15, 0.2) is 66.8 Å². The largest absolute Gasteiger partial charge is 0.266 e. The van der Waals surface area contributed by atoms with Crippen molar-refractivity contribution in [3.63, 3.8) is 0 Å². The molecule has 0 aromatic heterocycles. The number of halogens is 6. The van der Waals surface area contributed by atoms with Crippen LogP contribution in [0.4, 0.5) is 26.3 Å². The zero-order valence-corrected chi connectivity index (χ0v) is 22.7. The van der Waals surface area contributed by atoms with Crippen LogP contribution in [0.2, 0.25) is 0 Å². The maximum absolute atomic E-state index is 13.2. The van der Waals surface area contributed by atoms with E-state index in [0.717, 1.165) is 81.9 Å². The zero-order valence-electron chi connectivity index (χ0n) is 22.7. The maximum Gasteiger partial charge on any atom is 0.266 e. The molecule has 0 spiro atoms. The number of benzene rings is 2. The Morgan fingerprint density at radius 3 is 1.52 bits per heavy atom. The normalized spacial score (nSPS) is 22.3. The summed E-state index contributed by atoms with van der Waals surface area (Å²) in [6, 6.07) is 14.1. The number of nitriles is 1. The van der Waals surface area contributed by atoms with Gasteiger partial charge in [0, 0.05) is 0 Å². The van der Waals surface area contributed by atoms with E-state index < -0.39 is 23.8 Å². The monoisotopic (exact) mass is 561 g/mol. The molecule has 0 saturated heterocycles. The van der Waals surface area contributed by atoms with Crippen LogP contribution in [0.1, 0.15) is 106 Å². The summed E-state index contributed by atoms with van der Waals surface area (Å²) in [5, 5.41) is 8.79. The molecule has 2 aliphatic rings. The molecule has 0 atom stereocenters. The maximum atomic E-state index is 13.2. The third kappa shape index (κ3) is 10.5. The van der Waals surface area contributed by atoms with Gasteiger partial charge in [0.05, 0.1) is 11.6 Å². The minimum absolute atomic E-state index is 0.259. The van der Waals surface area contributed by atoms with Gasteiger partial charge in [0.15, 0.2) is 11.6 Å². The first-order chi connectivity index (χ1) is 19.2. The van der Waals surface area contributed by atoms with Gasteiger partial charge in [-0.15, -0.1) is 0 Å². The highest BCUT2D eigenvalue weighted by Gasteiger charge is 2.23. The summed E-state index contributed by atoms with van der Waals surface area (Å²) < 4.78 is 73.9. The molecule has 1 nitrogen and oxygen atoms in total. The average Bonchev–Trinajstić information content (AvgIpc) is 2.95. The van der Waals surface area contributed by atoms with Crippen molar-refractivity contribution in [1.29, 1.82) is 5.26 Å². The topological polar surface area (TPSA) is 23.8 Å². The van der Waals surface area contributed by atoms with Gasteiger partial charge in [0.1, 0.15) is 0 Å². The third-order valence-corrected chi connectivity index (χ3v) is 8.37. The van der Waals surface area contributed by atoms with E-state index in [0.29, 0.717) is 36.2 Å². The van der Waals surface area contributed by atoms with Crippen molar-refractivity contribution in [3.05, 3.63) is 95.1 Å². The van der Waals surface area contributed by atoms with E-state index in [1.54, 1.807) is 6.07 Å². The average molecular weight is 562 g/mol. The SMILES string of the molecule is FC(F)=CCCC1CCC(c2ccc(F)c(F)c2)CC1.N#Cc1ccc(C2CCC(CCC=C(F)F)CC2)cc1. The smallest absolute Gasteiger partial charge is 0.204 e. The molecule has 0 heterocycles. The predicted molar refractivity (Wildman–Crippen MR) is 146 cm³/mol. The molecular weight excluding hydrogens is 524 g/mol. The first kappa shape index (κ1) is 31.5. The van der Waals surface area contributed by atoms with Gasteiger partial charge in [-0.1, -0.05) is 18.2 Å². The Kier molecular flexibility index (Phi) is 12.8. The van der Waals surface area contributed by atoms with Gasteiger partial charge in [-0.05, 0) is 148 Å². The quantitative estimate of drug-likeness (QED) is 0.294. The molecule has 0 amide bonds. The lowest BCUT2D eigenvalue weighted by Gasteiger charge is -2.28. The van der Waals surface area contributed by atoms with Crippen LogP contribution in [0, 0.1) is 34.8 Å². The van der Waals surface area contributed by atoms with E-state index in [1.807, 2.05) is 24.3 Å². The van der Waals surface area contributed by atoms with Gasteiger partial charge in [-0.2, -0.15) is 22.8 Å². The summed E-state index contributed by atoms with van der Waals surface area (Å²) >= 11 is 0. The lowest BCUT2D eigenvalue weighted by Crippen LogP contribution is -2.13. The fourth-order valence-corrected chi connectivity index (χ4v) is 6.02. The van der Waals surface area contributed by atoms with Crippen LogP contribution in [0.25, 0.3) is 0 Å². The van der Waals surface area contributed by atoms with Crippen LogP contribution in [-0.4, -0.2) is 0 Å². The van der Waals surface area contributed by atoms with Gasteiger partial charge in [0.25, 0.3) is 12.2 Å². The minimum Gasteiger partial charge on any atom is -0.204 e. The number of nitrogens with zero attached hydrogens (tertiary/aromatic N) is 1. The van der Waals surface area contributed by atoms with Crippen LogP contribution >= 0.6 is 0 Å². The van der Waals surface area contributed by atoms with Crippen LogP contribution in [-0.2, 0) is 0 Å². The molecule has 0 aliphatic heterocycles. The molecule has 2 saturated carbocycles. The predicted octanol–water partition coefficient (Wildman–Crippen LogP) is 11.2. The van der Waals surface area contributed by atoms with Gasteiger partial charge in [0.2, 0.25) is 0 Å². The van der Waals surface area contributed by atoms with Crippen molar-refractivity contribution in [2.45, 2.75) is 88.9 Å². The van der Waals surface area contributed by atoms with Gasteiger partial charge in [-0.25, -0.2) is 8.78 Å². The number of allylic oxidation sites excluding steroid dienone is 2. The lowest BCUT2D eigenvalue weighted by atomic mass is 9.77. The number of rotatable bonds is 8. The molecular formula is C33H37F6N. The second kappa shape index (κ2) is 16.3. The van der Waals surface area contributed by atoms with Gasteiger partial charge < -0.3 is 0 Å². The summed E-state index contributed by atoms with van der Waals surface area (Å²) in [7, 11) is 0. The van der Waals surface area contributed by atoms with E-state index in [-0.39, 0.29) is 5.92 Å². The summed E-state index contributed by atoms with van der Waals surface area (Å²) in [6.07, 6.45) is 9.64. The Balaban J connectivity index is 0.000000220. The minimum atomic E-state index is -1.61. The molecule has 216 valence electrons. The van der Waals surface area contributed by atoms with Crippen molar-refractivity contribution in [3.8, 4) is 6.07 Å². The summed E-state index contributed by atoms with van der Waals surface area (Å²) in [5.41, 5.74) is 2.84. The van der Waals surface area contributed by atoms with Crippen molar-refractivity contribution in [1.82, 2.24) is 0 Å². The Morgan fingerprint density at radius 2 is 1.10 bits per heavy atom. The molecule has 0 bridgehead atoms. The summed E-state index contributed by atoms with van der Waals surface area (Å²) in [6.45, 7) is 0. The fraction of sp³-hybridized carbons (Fsp3) is 0.485. The standard InChI is InChI=1S/C17H19F2N.C16H18F4/c18-17(19)3-1-2-13-4-8-15(9-5-13)16-10-6-14(12-20)7-11-16;17-14-9-8-13(10-15(14)18)12-6-4-11(5-7-12)2-1-3-16(19)20/h3,6-7,10-11,13,15H,1-2,4-5,8-9H2;3,8-12H,1-2,4-7H2. The Bertz CT molecular complexity index is 1140. The molecule has 40 heavy (non-hydrogen) atoms. The third-order valence-electron chi connectivity index (χ3n) is 8.37. The fourth-order valence-electron chi connectivity index (χ4n) is 6.02. The molecule has 7 heteroatoms. The highest BCUT2D eigenvalue weighted by molar-refractivity contribution is 5.33. The van der Waals surface area contributed by atoms with Crippen molar-refractivity contribution in [2.75, 3.05) is 0 Å². The molecule has 2 aromatic rings. The van der Waals surface area contributed by atoms with Crippen LogP contribution in [0.3, 0.4) is 0 Å². The van der Waals surface area contributed by atoms with Crippen molar-refractivity contribution < 1.29 is 26.3 Å². The lowest BCUT2D eigenvalue weighted by molar-refractivity contribution is 0.309. The van der Waals surface area contributed by atoms with E-state index >= 15 is 0 Å². The first-order valence-electron chi connectivity index (χ1n) is 14.2. The molecule has 0 unspecified atom stereocenters. The first-order valence-corrected chi connectivity index (χ1v) is 14.2. The van der Waals surface area contributed by atoms with E-state index in [2.05, 4.69) is 6.07 Å². The Labute approximate surface area is 233 Å². The van der Waals surface area contributed by atoms with E-state index in [1.165, 1.54) is 17.7 Å². The summed E-state index contributed by atoms with van der Waals surface area (Å²) in [4.78, 5) is 0. The number of hydrogen-bond acceptors (Lipinski definition) is 1. The molecule has 4 rings (SSSR count). The molecule has 2 aliphatic carbocycles. The Hall–Kier alpha value is -3.01. The second-order valence-electron chi connectivity index (χ2n) is 11.0. The highest BCUT2D eigenvalue weighted by Crippen LogP contribution is 2.39. The molecule has 0 N–H and O–H groups in total. The Morgan fingerprint density at radius 1 is 0.650 bits per heavy atom. The molecule has 2 fully saturated rings.